The van der Waals surface area contributed by atoms with Gasteiger partial charge in [0.1, 0.15) is 5.54 Å². The summed E-state index contributed by atoms with van der Waals surface area (Å²) in [6, 6.07) is 3.85. The maximum atomic E-state index is 9.55. The van der Waals surface area contributed by atoms with Crippen LogP contribution >= 0.6 is 0 Å². The second kappa shape index (κ2) is 6.69. The summed E-state index contributed by atoms with van der Waals surface area (Å²) in [5, 5.41) is 13.0. The number of hydrogen-bond acceptors (Lipinski definition) is 4. The average molecular weight is 265 g/mol. The molecule has 108 valence electrons. The number of nitriles is 1. The predicted octanol–water partition coefficient (Wildman–Crippen LogP) is 1.91. The fraction of sp³-hybridized carbons (Fsp3) is 0.933. The van der Waals surface area contributed by atoms with Crippen molar-refractivity contribution in [3.8, 4) is 6.07 Å². The van der Waals surface area contributed by atoms with Gasteiger partial charge in [-0.25, -0.2) is 0 Å². The van der Waals surface area contributed by atoms with Gasteiger partial charge in [0, 0.05) is 25.7 Å². The van der Waals surface area contributed by atoms with Gasteiger partial charge in [0.15, 0.2) is 0 Å². The van der Waals surface area contributed by atoms with E-state index in [0.29, 0.717) is 6.04 Å². The van der Waals surface area contributed by atoms with Crippen LogP contribution in [-0.2, 0) is 4.74 Å². The Bertz CT molecular complexity index is 320. The van der Waals surface area contributed by atoms with E-state index in [1.54, 1.807) is 7.11 Å². The zero-order valence-electron chi connectivity index (χ0n) is 12.3. The van der Waals surface area contributed by atoms with Crippen LogP contribution in [0.25, 0.3) is 0 Å². The van der Waals surface area contributed by atoms with Crippen molar-refractivity contribution in [3.05, 3.63) is 0 Å². The molecule has 2 rings (SSSR count). The molecule has 2 unspecified atom stereocenters. The maximum Gasteiger partial charge on any atom is 0.108 e. The van der Waals surface area contributed by atoms with Crippen LogP contribution in [0.2, 0.25) is 0 Å². The molecule has 1 N–H and O–H groups in total. The van der Waals surface area contributed by atoms with Crippen LogP contribution < -0.4 is 5.32 Å². The molecule has 2 saturated carbocycles. The molecule has 2 aliphatic carbocycles. The Morgan fingerprint density at radius 3 is 2.74 bits per heavy atom. The summed E-state index contributed by atoms with van der Waals surface area (Å²) in [7, 11) is 1.77. The summed E-state index contributed by atoms with van der Waals surface area (Å²) in [6.07, 6.45) is 6.99. The molecular weight excluding hydrogens is 238 g/mol. The van der Waals surface area contributed by atoms with E-state index in [1.165, 1.54) is 19.3 Å². The molecular formula is C15H27N3O. The van der Waals surface area contributed by atoms with Gasteiger partial charge in [-0.1, -0.05) is 6.92 Å². The highest BCUT2D eigenvalue weighted by Crippen LogP contribution is 2.36. The third-order valence-electron chi connectivity index (χ3n) is 4.49. The highest BCUT2D eigenvalue weighted by atomic mass is 16.5. The monoisotopic (exact) mass is 265 g/mol. The summed E-state index contributed by atoms with van der Waals surface area (Å²) in [4.78, 5) is 2.60. The molecule has 0 aromatic carbocycles. The predicted molar refractivity (Wildman–Crippen MR) is 75.9 cm³/mol. The van der Waals surface area contributed by atoms with Crippen molar-refractivity contribution in [2.75, 3.05) is 26.8 Å². The van der Waals surface area contributed by atoms with Crippen LogP contribution in [0.1, 0.15) is 45.4 Å². The highest BCUT2D eigenvalue weighted by molar-refractivity contribution is 5.11. The molecule has 0 radical (unpaired) electrons. The average Bonchev–Trinajstić information content (AvgIpc) is 3.25. The number of nitrogens with zero attached hydrogens (tertiary/aromatic N) is 2. The van der Waals surface area contributed by atoms with Crippen molar-refractivity contribution >= 4 is 0 Å². The molecule has 0 bridgehead atoms. The van der Waals surface area contributed by atoms with Crippen LogP contribution in [0.5, 0.6) is 0 Å². The topological polar surface area (TPSA) is 48.3 Å². The van der Waals surface area contributed by atoms with Gasteiger partial charge in [-0.3, -0.25) is 10.2 Å². The van der Waals surface area contributed by atoms with Gasteiger partial charge < -0.3 is 4.74 Å². The molecule has 2 atom stereocenters. The minimum Gasteiger partial charge on any atom is -0.383 e. The second-order valence-electron chi connectivity index (χ2n) is 5.94. The molecule has 0 aromatic heterocycles. The van der Waals surface area contributed by atoms with Gasteiger partial charge in [0.25, 0.3) is 0 Å². The summed E-state index contributed by atoms with van der Waals surface area (Å²) in [6.45, 7) is 4.78. The fourth-order valence-corrected chi connectivity index (χ4v) is 3.44. The maximum absolute atomic E-state index is 9.55. The molecule has 0 aromatic rings. The van der Waals surface area contributed by atoms with Gasteiger partial charge in [0.2, 0.25) is 0 Å². The molecule has 4 heteroatoms. The first-order valence-electron chi connectivity index (χ1n) is 7.65. The van der Waals surface area contributed by atoms with Gasteiger partial charge in [-0.05, 0) is 45.1 Å². The van der Waals surface area contributed by atoms with E-state index in [2.05, 4.69) is 23.2 Å². The van der Waals surface area contributed by atoms with E-state index >= 15 is 0 Å². The summed E-state index contributed by atoms with van der Waals surface area (Å²) in [5.41, 5.74) is -0.294. The van der Waals surface area contributed by atoms with Crippen molar-refractivity contribution in [3.63, 3.8) is 0 Å². The second-order valence-corrected chi connectivity index (χ2v) is 5.94. The zero-order valence-corrected chi connectivity index (χ0v) is 12.3. The highest BCUT2D eigenvalue weighted by Gasteiger charge is 2.41. The van der Waals surface area contributed by atoms with E-state index < -0.39 is 0 Å². The molecule has 2 fully saturated rings. The lowest BCUT2D eigenvalue weighted by molar-refractivity contribution is 0.0783. The Kier molecular flexibility index (Phi) is 5.20. The zero-order chi connectivity index (χ0) is 13.7. The first-order valence-corrected chi connectivity index (χ1v) is 7.65. The Balaban J connectivity index is 1.99. The largest absolute Gasteiger partial charge is 0.383 e. The number of nitrogens with one attached hydrogen (secondary N) is 1. The number of ether oxygens (including phenoxy) is 1. The van der Waals surface area contributed by atoms with Crippen LogP contribution in [-0.4, -0.2) is 49.3 Å². The van der Waals surface area contributed by atoms with Crippen molar-refractivity contribution < 1.29 is 4.74 Å². The summed E-state index contributed by atoms with van der Waals surface area (Å²) in [5.74, 6) is 0. The Hall–Kier alpha value is -0.630. The lowest BCUT2D eigenvalue weighted by Gasteiger charge is -2.41. The fourth-order valence-electron chi connectivity index (χ4n) is 3.44. The Labute approximate surface area is 117 Å². The Morgan fingerprint density at radius 2 is 2.16 bits per heavy atom. The lowest BCUT2D eigenvalue weighted by atomic mass is 9.79. The van der Waals surface area contributed by atoms with E-state index in [1.807, 2.05) is 0 Å². The van der Waals surface area contributed by atoms with Crippen LogP contribution in [0.15, 0.2) is 0 Å². The molecule has 0 heterocycles. The quantitative estimate of drug-likeness (QED) is 0.764. The van der Waals surface area contributed by atoms with Crippen molar-refractivity contribution in [1.29, 1.82) is 5.26 Å². The normalized spacial score (nSPS) is 31.4. The molecule has 2 aliphatic rings. The van der Waals surface area contributed by atoms with Crippen molar-refractivity contribution in [2.24, 2.45) is 0 Å². The van der Waals surface area contributed by atoms with E-state index in [-0.39, 0.29) is 5.54 Å². The van der Waals surface area contributed by atoms with E-state index in [0.717, 1.165) is 45.0 Å². The molecule has 4 nitrogen and oxygen atoms in total. The summed E-state index contributed by atoms with van der Waals surface area (Å²) < 4.78 is 5.24. The number of hydrogen-bond donors (Lipinski definition) is 1. The molecule has 0 saturated heterocycles. The minimum atomic E-state index is -0.294. The van der Waals surface area contributed by atoms with Gasteiger partial charge >= 0.3 is 0 Å². The van der Waals surface area contributed by atoms with E-state index in [9.17, 15) is 5.26 Å². The molecule has 0 spiro atoms. The van der Waals surface area contributed by atoms with Crippen LogP contribution in [0, 0.1) is 11.3 Å². The third-order valence-corrected chi connectivity index (χ3v) is 4.49. The van der Waals surface area contributed by atoms with Gasteiger partial charge in [-0.2, -0.15) is 5.26 Å². The molecule has 19 heavy (non-hydrogen) atoms. The molecule has 0 aliphatic heterocycles. The van der Waals surface area contributed by atoms with Crippen LogP contribution in [0.3, 0.4) is 0 Å². The standard InChI is InChI=1S/C15H27N3O/c1-3-17-15(12-16)8-4-5-14(11-15)18(9-10-19-2)13-6-7-13/h13-14,17H,3-11H2,1-2H3. The third kappa shape index (κ3) is 3.68. The van der Waals surface area contributed by atoms with Gasteiger partial charge in [-0.15, -0.1) is 0 Å². The SMILES string of the molecule is CCNC1(C#N)CCCC(N(CCOC)C2CC2)C1. The first-order chi connectivity index (χ1) is 9.24. The van der Waals surface area contributed by atoms with Crippen LogP contribution in [0.4, 0.5) is 0 Å². The molecule has 0 amide bonds. The number of methoxy groups -OCH3 is 1. The van der Waals surface area contributed by atoms with Crippen molar-refractivity contribution in [1.82, 2.24) is 10.2 Å². The van der Waals surface area contributed by atoms with E-state index in [4.69, 9.17) is 4.74 Å². The smallest absolute Gasteiger partial charge is 0.108 e. The minimum absolute atomic E-state index is 0.294. The van der Waals surface area contributed by atoms with Crippen molar-refractivity contribution in [2.45, 2.75) is 63.1 Å². The van der Waals surface area contributed by atoms with Gasteiger partial charge in [0.05, 0.1) is 12.7 Å². The first kappa shape index (κ1) is 14.8. The Morgan fingerprint density at radius 1 is 1.37 bits per heavy atom. The number of rotatable bonds is 7. The summed E-state index contributed by atoms with van der Waals surface area (Å²) >= 11 is 0. The lowest BCUT2D eigenvalue weighted by Crippen LogP contribution is -2.53.